The standard InChI is InChI=1S/C25H36N2OS.ClH/c1-2-21-29-25-15-9-8-13-23(25)27-19-17-26(18-20-27)16-10-4-7-14-24(28)22-11-5-3-6-12-22;/h3,5-6,8-9,11-13,15,24,28H,2,4,7,10,14,16-21H2,1H3;1H. The molecule has 30 heavy (non-hydrogen) atoms. The third kappa shape index (κ3) is 7.81. The number of nitrogens with zero attached hydrogens (tertiary/aromatic N) is 2. The maximum absolute atomic E-state index is 10.3. The molecule has 2 aromatic rings. The topological polar surface area (TPSA) is 26.7 Å². The second-order valence-electron chi connectivity index (χ2n) is 7.92. The van der Waals surface area contributed by atoms with Crippen LogP contribution in [0.3, 0.4) is 0 Å². The molecule has 1 unspecified atom stereocenters. The Morgan fingerprint density at radius 2 is 1.60 bits per heavy atom. The van der Waals surface area contributed by atoms with Gasteiger partial charge < -0.3 is 10.0 Å². The maximum atomic E-state index is 10.3. The van der Waals surface area contributed by atoms with E-state index in [2.05, 4.69) is 41.0 Å². The summed E-state index contributed by atoms with van der Waals surface area (Å²) in [7, 11) is 0. The van der Waals surface area contributed by atoms with E-state index in [0.717, 1.165) is 44.6 Å². The second kappa shape index (κ2) is 14.0. The highest BCUT2D eigenvalue weighted by Gasteiger charge is 2.18. The predicted molar refractivity (Wildman–Crippen MR) is 133 cm³/mol. The lowest BCUT2D eigenvalue weighted by atomic mass is 10.0. The Morgan fingerprint density at radius 1 is 0.900 bits per heavy atom. The Kier molecular flexibility index (Phi) is 11.7. The minimum Gasteiger partial charge on any atom is -0.388 e. The summed E-state index contributed by atoms with van der Waals surface area (Å²) in [4.78, 5) is 6.59. The van der Waals surface area contributed by atoms with Crippen LogP contribution in [0.1, 0.15) is 50.7 Å². The zero-order chi connectivity index (χ0) is 20.3. The van der Waals surface area contributed by atoms with Crippen LogP contribution in [0.15, 0.2) is 59.5 Å². The number of hydrogen-bond acceptors (Lipinski definition) is 4. The van der Waals surface area contributed by atoms with Crippen molar-refractivity contribution in [2.45, 2.75) is 50.0 Å². The molecule has 1 aliphatic rings. The molecule has 1 heterocycles. The predicted octanol–water partition coefficient (Wildman–Crippen LogP) is 6.03. The first-order valence-corrected chi connectivity index (χ1v) is 12.2. The zero-order valence-corrected chi connectivity index (χ0v) is 19.8. The van der Waals surface area contributed by atoms with Crippen molar-refractivity contribution < 1.29 is 5.11 Å². The average molecular weight is 449 g/mol. The SMILES string of the molecule is CCCSc1ccccc1N1CCN(CCCCCC(O)c2ccccc2)CC1.Cl. The number of aliphatic hydroxyl groups excluding tert-OH is 1. The van der Waals surface area contributed by atoms with Gasteiger partial charge in [-0.15, -0.1) is 24.2 Å². The molecule has 0 saturated carbocycles. The summed E-state index contributed by atoms with van der Waals surface area (Å²) in [5.41, 5.74) is 2.46. The lowest BCUT2D eigenvalue weighted by Crippen LogP contribution is -2.46. The molecule has 0 amide bonds. The molecule has 2 aromatic carbocycles. The fourth-order valence-corrected chi connectivity index (χ4v) is 4.90. The molecule has 166 valence electrons. The van der Waals surface area contributed by atoms with E-state index in [1.807, 2.05) is 42.1 Å². The Hall–Kier alpha value is -1.20. The molecule has 3 nitrogen and oxygen atoms in total. The molecular weight excluding hydrogens is 412 g/mol. The third-order valence-corrected chi connectivity index (χ3v) is 6.94. The number of piperazine rings is 1. The van der Waals surface area contributed by atoms with E-state index >= 15 is 0 Å². The van der Waals surface area contributed by atoms with Crippen LogP contribution in [0, 0.1) is 0 Å². The molecule has 0 aliphatic carbocycles. The summed E-state index contributed by atoms with van der Waals surface area (Å²) in [6.07, 6.45) is 5.29. The van der Waals surface area contributed by atoms with Crippen molar-refractivity contribution in [3.63, 3.8) is 0 Å². The first-order valence-electron chi connectivity index (χ1n) is 11.2. The zero-order valence-electron chi connectivity index (χ0n) is 18.2. The van der Waals surface area contributed by atoms with Gasteiger partial charge in [0.2, 0.25) is 0 Å². The normalized spacial score (nSPS) is 15.6. The van der Waals surface area contributed by atoms with Gasteiger partial charge in [0.25, 0.3) is 0 Å². The van der Waals surface area contributed by atoms with Gasteiger partial charge in [0.05, 0.1) is 11.8 Å². The van der Waals surface area contributed by atoms with Gasteiger partial charge >= 0.3 is 0 Å². The fourth-order valence-electron chi connectivity index (χ4n) is 3.96. The van der Waals surface area contributed by atoms with Crippen LogP contribution in [0.25, 0.3) is 0 Å². The van der Waals surface area contributed by atoms with Crippen molar-refractivity contribution in [2.75, 3.05) is 43.4 Å². The first kappa shape index (κ1) is 25.1. The molecule has 1 atom stereocenters. The van der Waals surface area contributed by atoms with E-state index in [0.29, 0.717) is 0 Å². The van der Waals surface area contributed by atoms with Crippen LogP contribution < -0.4 is 4.90 Å². The van der Waals surface area contributed by atoms with E-state index in [4.69, 9.17) is 0 Å². The van der Waals surface area contributed by atoms with Crippen LogP contribution in [0.4, 0.5) is 5.69 Å². The van der Waals surface area contributed by atoms with Gasteiger partial charge in [0.1, 0.15) is 0 Å². The minimum atomic E-state index is -0.314. The van der Waals surface area contributed by atoms with E-state index < -0.39 is 0 Å². The van der Waals surface area contributed by atoms with Gasteiger partial charge in [-0.1, -0.05) is 62.2 Å². The van der Waals surface area contributed by atoms with Crippen molar-refractivity contribution in [3.05, 3.63) is 60.2 Å². The fraction of sp³-hybridized carbons (Fsp3) is 0.520. The number of benzene rings is 2. The third-order valence-electron chi connectivity index (χ3n) is 5.68. The first-order chi connectivity index (χ1) is 14.3. The number of rotatable bonds is 11. The van der Waals surface area contributed by atoms with E-state index in [1.54, 1.807) is 0 Å². The van der Waals surface area contributed by atoms with Gasteiger partial charge in [-0.2, -0.15) is 0 Å². The number of unbranched alkanes of at least 4 members (excludes halogenated alkanes) is 2. The van der Waals surface area contributed by atoms with Crippen molar-refractivity contribution in [1.29, 1.82) is 0 Å². The summed E-state index contributed by atoms with van der Waals surface area (Å²) >= 11 is 1.99. The molecule has 0 aromatic heterocycles. The van der Waals surface area contributed by atoms with E-state index in [1.165, 1.54) is 42.1 Å². The van der Waals surface area contributed by atoms with Crippen molar-refractivity contribution in [3.8, 4) is 0 Å². The molecule has 5 heteroatoms. The van der Waals surface area contributed by atoms with Crippen LogP contribution >= 0.6 is 24.2 Å². The molecule has 0 spiro atoms. The second-order valence-corrected chi connectivity index (χ2v) is 9.06. The van der Waals surface area contributed by atoms with Crippen molar-refractivity contribution in [1.82, 2.24) is 4.90 Å². The highest BCUT2D eigenvalue weighted by atomic mass is 35.5. The highest BCUT2D eigenvalue weighted by Crippen LogP contribution is 2.31. The highest BCUT2D eigenvalue weighted by molar-refractivity contribution is 7.99. The van der Waals surface area contributed by atoms with Gasteiger partial charge in [-0.25, -0.2) is 0 Å². The summed E-state index contributed by atoms with van der Waals surface area (Å²) in [5, 5.41) is 10.3. The lowest BCUT2D eigenvalue weighted by Gasteiger charge is -2.37. The monoisotopic (exact) mass is 448 g/mol. The molecule has 1 saturated heterocycles. The van der Waals surface area contributed by atoms with Gasteiger partial charge in [0.15, 0.2) is 0 Å². The number of anilines is 1. The molecule has 1 N–H and O–H groups in total. The van der Waals surface area contributed by atoms with Gasteiger partial charge in [0, 0.05) is 31.1 Å². The Balaban J connectivity index is 0.00000320. The van der Waals surface area contributed by atoms with E-state index in [9.17, 15) is 5.11 Å². The quantitative estimate of drug-likeness (QED) is 0.335. The largest absolute Gasteiger partial charge is 0.388 e. The number of halogens is 1. The number of para-hydroxylation sites is 1. The molecular formula is C25H37ClN2OS. The molecule has 0 radical (unpaired) electrons. The van der Waals surface area contributed by atoms with Crippen LogP contribution in [-0.4, -0.2) is 48.5 Å². The Morgan fingerprint density at radius 3 is 2.33 bits per heavy atom. The summed E-state index contributed by atoms with van der Waals surface area (Å²) in [6, 6.07) is 18.9. The molecule has 1 fully saturated rings. The molecule has 3 rings (SSSR count). The van der Waals surface area contributed by atoms with Crippen LogP contribution in [0.5, 0.6) is 0 Å². The summed E-state index contributed by atoms with van der Waals surface area (Å²) in [6.45, 7) is 7.98. The Bertz CT molecular complexity index is 707. The molecule has 0 bridgehead atoms. The molecule has 1 aliphatic heterocycles. The number of aliphatic hydroxyl groups is 1. The van der Waals surface area contributed by atoms with Crippen molar-refractivity contribution in [2.24, 2.45) is 0 Å². The van der Waals surface area contributed by atoms with Gasteiger partial charge in [-0.05, 0) is 49.3 Å². The minimum absolute atomic E-state index is 0. The smallest absolute Gasteiger partial charge is 0.0790 e. The van der Waals surface area contributed by atoms with Crippen molar-refractivity contribution >= 4 is 29.9 Å². The van der Waals surface area contributed by atoms with E-state index in [-0.39, 0.29) is 18.5 Å². The Labute approximate surface area is 193 Å². The van der Waals surface area contributed by atoms with Crippen LogP contribution in [-0.2, 0) is 0 Å². The lowest BCUT2D eigenvalue weighted by molar-refractivity contribution is 0.162. The van der Waals surface area contributed by atoms with Gasteiger partial charge in [-0.3, -0.25) is 4.90 Å². The number of hydrogen-bond donors (Lipinski definition) is 1. The average Bonchev–Trinajstić information content (AvgIpc) is 2.78. The van der Waals surface area contributed by atoms with Crippen LogP contribution in [0.2, 0.25) is 0 Å². The summed E-state index contributed by atoms with van der Waals surface area (Å²) < 4.78 is 0. The summed E-state index contributed by atoms with van der Waals surface area (Å²) in [5.74, 6) is 1.19. The maximum Gasteiger partial charge on any atom is 0.0790 e. The number of thioether (sulfide) groups is 1.